The molecule has 66 valence electrons. The van der Waals surface area contributed by atoms with Crippen molar-refractivity contribution < 1.29 is 4.74 Å². The topological polar surface area (TPSA) is 9.23 Å². The highest BCUT2D eigenvalue weighted by Crippen LogP contribution is 2.18. The second-order valence-corrected chi connectivity index (χ2v) is 3.40. The first-order valence-electron chi connectivity index (χ1n) is 4.38. The molecule has 0 N–H and O–H groups in total. The van der Waals surface area contributed by atoms with Gasteiger partial charge in [0.15, 0.2) is 0 Å². The minimum atomic E-state index is 0.675. The Morgan fingerprint density at radius 2 is 1.91 bits per heavy atom. The third kappa shape index (κ3) is 4.88. The van der Waals surface area contributed by atoms with Crippen LogP contribution in [-0.4, -0.2) is 6.61 Å². The minimum absolute atomic E-state index is 0.675. The molecule has 0 aromatic rings. The zero-order valence-electron chi connectivity index (χ0n) is 8.18. The molecule has 0 fully saturated rings. The van der Waals surface area contributed by atoms with Gasteiger partial charge in [0.05, 0.1) is 12.4 Å². The van der Waals surface area contributed by atoms with E-state index in [4.69, 9.17) is 4.74 Å². The van der Waals surface area contributed by atoms with E-state index in [9.17, 15) is 0 Å². The molecule has 0 aliphatic heterocycles. The molecule has 0 heterocycles. The molecule has 0 spiro atoms. The maximum Gasteiger partial charge on any atom is 0.0890 e. The highest BCUT2D eigenvalue weighted by molar-refractivity contribution is 4.84. The second kappa shape index (κ2) is 5.22. The summed E-state index contributed by atoms with van der Waals surface area (Å²) in [5.41, 5.74) is 0. The third-order valence-electron chi connectivity index (χ3n) is 2.04. The fourth-order valence-corrected chi connectivity index (χ4v) is 0.858. The van der Waals surface area contributed by atoms with Crippen molar-refractivity contribution in [2.24, 2.45) is 11.8 Å². The molecule has 0 radical (unpaired) electrons. The van der Waals surface area contributed by atoms with Crippen molar-refractivity contribution in [2.75, 3.05) is 6.61 Å². The lowest BCUT2D eigenvalue weighted by Crippen LogP contribution is -2.06. The van der Waals surface area contributed by atoms with E-state index in [0.29, 0.717) is 11.8 Å². The van der Waals surface area contributed by atoms with E-state index in [1.54, 1.807) is 0 Å². The van der Waals surface area contributed by atoms with E-state index in [1.807, 2.05) is 6.92 Å². The smallest absolute Gasteiger partial charge is 0.0890 e. The van der Waals surface area contributed by atoms with E-state index in [2.05, 4.69) is 27.4 Å². The molecule has 1 nitrogen and oxygen atoms in total. The summed E-state index contributed by atoms with van der Waals surface area (Å²) in [6, 6.07) is 0. The maximum atomic E-state index is 5.27. The molecule has 0 amide bonds. The zero-order valence-corrected chi connectivity index (χ0v) is 8.18. The molecule has 11 heavy (non-hydrogen) atoms. The van der Waals surface area contributed by atoms with Crippen LogP contribution in [0.5, 0.6) is 0 Å². The zero-order chi connectivity index (χ0) is 8.85. The van der Waals surface area contributed by atoms with Gasteiger partial charge in [-0.15, -0.1) is 0 Å². The van der Waals surface area contributed by atoms with Crippen LogP contribution in [-0.2, 0) is 4.74 Å². The van der Waals surface area contributed by atoms with Crippen LogP contribution >= 0.6 is 0 Å². The van der Waals surface area contributed by atoms with Gasteiger partial charge in [-0.1, -0.05) is 27.4 Å². The predicted molar refractivity (Wildman–Crippen MR) is 49.4 cm³/mol. The van der Waals surface area contributed by atoms with Gasteiger partial charge in [-0.3, -0.25) is 0 Å². The number of ether oxygens (including phenoxy) is 1. The molecule has 1 atom stereocenters. The Bertz CT molecular complexity index is 116. The van der Waals surface area contributed by atoms with Crippen molar-refractivity contribution in [1.82, 2.24) is 0 Å². The van der Waals surface area contributed by atoms with Crippen molar-refractivity contribution >= 4 is 0 Å². The highest BCUT2D eigenvalue weighted by atomic mass is 16.5. The summed E-state index contributed by atoms with van der Waals surface area (Å²) in [6.45, 7) is 13.3. The van der Waals surface area contributed by atoms with Crippen LogP contribution in [0.15, 0.2) is 12.3 Å². The monoisotopic (exact) mass is 156 g/mol. The lowest BCUT2D eigenvalue weighted by atomic mass is 9.94. The van der Waals surface area contributed by atoms with Gasteiger partial charge in [-0.05, 0) is 18.8 Å². The minimum Gasteiger partial charge on any atom is -0.499 e. The van der Waals surface area contributed by atoms with Crippen molar-refractivity contribution in [2.45, 2.75) is 34.1 Å². The summed E-state index contributed by atoms with van der Waals surface area (Å²) in [7, 11) is 0. The Morgan fingerprint density at radius 1 is 1.36 bits per heavy atom. The lowest BCUT2D eigenvalue weighted by molar-refractivity contribution is 0.202. The van der Waals surface area contributed by atoms with E-state index < -0.39 is 0 Å². The molecule has 0 aromatic carbocycles. The summed E-state index contributed by atoms with van der Waals surface area (Å²) in [6.07, 6.45) is 0.992. The van der Waals surface area contributed by atoms with Crippen molar-refractivity contribution in [3.05, 3.63) is 12.3 Å². The van der Waals surface area contributed by atoms with Crippen molar-refractivity contribution in [1.29, 1.82) is 0 Å². The van der Waals surface area contributed by atoms with Crippen molar-refractivity contribution in [3.63, 3.8) is 0 Å². The second-order valence-electron chi connectivity index (χ2n) is 3.40. The Kier molecular flexibility index (Phi) is 5.01. The first-order valence-corrected chi connectivity index (χ1v) is 4.38. The predicted octanol–water partition coefficient (Wildman–Crippen LogP) is 3.22. The molecule has 0 aromatic heterocycles. The van der Waals surface area contributed by atoms with E-state index >= 15 is 0 Å². The van der Waals surface area contributed by atoms with Crippen molar-refractivity contribution in [3.8, 4) is 0 Å². The quantitative estimate of drug-likeness (QED) is 0.555. The van der Waals surface area contributed by atoms with Gasteiger partial charge in [-0.25, -0.2) is 0 Å². The normalized spacial score (nSPS) is 13.2. The first-order chi connectivity index (χ1) is 5.07. The molecular weight excluding hydrogens is 136 g/mol. The van der Waals surface area contributed by atoms with Gasteiger partial charge in [0, 0.05) is 6.42 Å². The fraction of sp³-hybridized carbons (Fsp3) is 0.800. The Balaban J connectivity index is 3.57. The molecular formula is C10H20O. The van der Waals surface area contributed by atoms with Crippen LogP contribution in [0.1, 0.15) is 34.1 Å². The maximum absolute atomic E-state index is 5.27. The number of rotatable bonds is 5. The summed E-state index contributed by atoms with van der Waals surface area (Å²) in [5, 5.41) is 0. The van der Waals surface area contributed by atoms with E-state index in [0.717, 1.165) is 18.8 Å². The van der Waals surface area contributed by atoms with Gasteiger partial charge in [0.1, 0.15) is 0 Å². The largest absolute Gasteiger partial charge is 0.499 e. The van der Waals surface area contributed by atoms with E-state index in [-0.39, 0.29) is 0 Å². The Morgan fingerprint density at radius 3 is 2.27 bits per heavy atom. The summed E-state index contributed by atoms with van der Waals surface area (Å²) >= 11 is 0. The SMILES string of the molecule is C=C(CC(C)C(C)C)OCC. The molecule has 0 bridgehead atoms. The van der Waals surface area contributed by atoms with Crippen LogP contribution in [0.25, 0.3) is 0 Å². The molecule has 0 aliphatic rings. The molecule has 0 rings (SSSR count). The molecule has 1 heteroatoms. The number of hydrogen-bond acceptors (Lipinski definition) is 1. The number of allylic oxidation sites excluding steroid dienone is 1. The fourth-order valence-electron chi connectivity index (χ4n) is 0.858. The summed E-state index contributed by atoms with van der Waals surface area (Å²) in [5.74, 6) is 2.31. The van der Waals surface area contributed by atoms with Crippen LogP contribution in [0, 0.1) is 11.8 Å². The number of hydrogen-bond donors (Lipinski definition) is 0. The standard InChI is InChI=1S/C10H20O/c1-6-11-10(5)7-9(4)8(2)3/h8-9H,5-7H2,1-4H3. The van der Waals surface area contributed by atoms with Gasteiger partial charge in [0.2, 0.25) is 0 Å². The molecule has 0 saturated heterocycles. The average Bonchev–Trinajstić information content (AvgIpc) is 1.87. The Hall–Kier alpha value is -0.460. The van der Waals surface area contributed by atoms with Crippen LogP contribution in [0.2, 0.25) is 0 Å². The van der Waals surface area contributed by atoms with Gasteiger partial charge >= 0.3 is 0 Å². The molecule has 1 unspecified atom stereocenters. The van der Waals surface area contributed by atoms with Crippen LogP contribution in [0.3, 0.4) is 0 Å². The van der Waals surface area contributed by atoms with Gasteiger partial charge in [-0.2, -0.15) is 0 Å². The third-order valence-corrected chi connectivity index (χ3v) is 2.04. The van der Waals surface area contributed by atoms with Gasteiger partial charge < -0.3 is 4.74 Å². The summed E-state index contributed by atoms with van der Waals surface area (Å²) in [4.78, 5) is 0. The lowest BCUT2D eigenvalue weighted by Gasteiger charge is -2.16. The van der Waals surface area contributed by atoms with Gasteiger partial charge in [0.25, 0.3) is 0 Å². The molecule has 0 saturated carbocycles. The average molecular weight is 156 g/mol. The first kappa shape index (κ1) is 10.5. The van der Waals surface area contributed by atoms with E-state index in [1.165, 1.54) is 0 Å². The highest BCUT2D eigenvalue weighted by Gasteiger charge is 2.08. The van der Waals surface area contributed by atoms with Crippen LogP contribution in [0.4, 0.5) is 0 Å². The van der Waals surface area contributed by atoms with Crippen LogP contribution < -0.4 is 0 Å². The molecule has 0 aliphatic carbocycles. The summed E-state index contributed by atoms with van der Waals surface area (Å²) < 4.78 is 5.27. The Labute approximate surface area is 70.4 Å².